The minimum atomic E-state index is -0.103. The Morgan fingerprint density at radius 1 is 1.33 bits per heavy atom. The molecule has 1 fully saturated rings. The van der Waals surface area contributed by atoms with E-state index < -0.39 is 0 Å². The summed E-state index contributed by atoms with van der Waals surface area (Å²) >= 11 is 0. The van der Waals surface area contributed by atoms with Gasteiger partial charge in [0.15, 0.2) is 0 Å². The van der Waals surface area contributed by atoms with Crippen molar-refractivity contribution in [2.24, 2.45) is 5.92 Å². The van der Waals surface area contributed by atoms with Crippen LogP contribution in [0.15, 0.2) is 18.2 Å². The second kappa shape index (κ2) is 7.37. The van der Waals surface area contributed by atoms with Crippen LogP contribution in [0.5, 0.6) is 0 Å². The van der Waals surface area contributed by atoms with Crippen molar-refractivity contribution in [2.45, 2.75) is 52.1 Å². The first-order chi connectivity index (χ1) is 10.0. The largest absolute Gasteiger partial charge is 0.313 e. The van der Waals surface area contributed by atoms with Crippen LogP contribution in [0.2, 0.25) is 0 Å². The number of rotatable bonds is 8. The Labute approximate surface area is 128 Å². The smallest absolute Gasteiger partial charge is 0.126 e. The van der Waals surface area contributed by atoms with Crippen LogP contribution in [0.1, 0.15) is 50.3 Å². The van der Waals surface area contributed by atoms with Gasteiger partial charge in [0.25, 0.3) is 0 Å². The molecule has 0 aromatic heterocycles. The average molecular weight is 292 g/mol. The highest BCUT2D eigenvalue weighted by Crippen LogP contribution is 2.29. The van der Waals surface area contributed by atoms with Crippen molar-refractivity contribution < 1.29 is 4.39 Å². The molecule has 0 saturated heterocycles. The maximum absolute atomic E-state index is 13.7. The summed E-state index contributed by atoms with van der Waals surface area (Å²) in [4.78, 5) is 2.61. The van der Waals surface area contributed by atoms with Gasteiger partial charge >= 0.3 is 0 Å². The molecular weight excluding hydrogens is 263 g/mol. The maximum atomic E-state index is 13.7. The third kappa shape index (κ3) is 4.79. The number of hydrogen-bond donors (Lipinski definition) is 1. The van der Waals surface area contributed by atoms with Gasteiger partial charge in [-0.05, 0) is 56.3 Å². The first kappa shape index (κ1) is 16.4. The van der Waals surface area contributed by atoms with Crippen LogP contribution in [0.4, 0.5) is 4.39 Å². The van der Waals surface area contributed by atoms with E-state index in [4.69, 9.17) is 0 Å². The molecule has 21 heavy (non-hydrogen) atoms. The second-order valence-corrected chi connectivity index (χ2v) is 6.76. The fourth-order valence-electron chi connectivity index (χ4n) is 2.93. The SMILES string of the molecule is CNC(CCN(CC(C)C)C1CC1)c1ccc(C)c(F)c1. The summed E-state index contributed by atoms with van der Waals surface area (Å²) < 4.78 is 13.7. The van der Waals surface area contributed by atoms with E-state index in [-0.39, 0.29) is 11.9 Å². The Morgan fingerprint density at radius 2 is 2.05 bits per heavy atom. The Hall–Kier alpha value is -0.930. The number of benzene rings is 1. The van der Waals surface area contributed by atoms with Gasteiger partial charge in [-0.3, -0.25) is 0 Å². The second-order valence-electron chi connectivity index (χ2n) is 6.76. The fourth-order valence-corrected chi connectivity index (χ4v) is 2.93. The van der Waals surface area contributed by atoms with Crippen LogP contribution in [-0.2, 0) is 0 Å². The maximum Gasteiger partial charge on any atom is 0.126 e. The highest BCUT2D eigenvalue weighted by atomic mass is 19.1. The van der Waals surface area contributed by atoms with Crippen molar-refractivity contribution in [2.75, 3.05) is 20.1 Å². The number of nitrogens with zero attached hydrogens (tertiary/aromatic N) is 1. The van der Waals surface area contributed by atoms with Gasteiger partial charge in [0, 0.05) is 25.2 Å². The summed E-state index contributed by atoms with van der Waals surface area (Å²) in [5.74, 6) is 0.601. The molecule has 0 spiro atoms. The predicted octanol–water partition coefficient (Wildman–Crippen LogP) is 3.91. The zero-order chi connectivity index (χ0) is 15.4. The average Bonchev–Trinajstić information content (AvgIpc) is 3.26. The Balaban J connectivity index is 1.96. The summed E-state index contributed by atoms with van der Waals surface area (Å²) in [5.41, 5.74) is 1.77. The summed E-state index contributed by atoms with van der Waals surface area (Å²) in [6, 6.07) is 6.62. The Bertz CT molecular complexity index is 455. The molecule has 0 aliphatic heterocycles. The summed E-state index contributed by atoms with van der Waals surface area (Å²) in [7, 11) is 1.96. The molecule has 1 unspecified atom stereocenters. The molecule has 0 bridgehead atoms. The van der Waals surface area contributed by atoms with Crippen LogP contribution in [0.25, 0.3) is 0 Å². The minimum absolute atomic E-state index is 0.103. The summed E-state index contributed by atoms with van der Waals surface area (Å²) in [6.45, 7) is 8.62. The molecule has 2 rings (SSSR count). The molecule has 0 amide bonds. The molecule has 2 nitrogen and oxygen atoms in total. The molecule has 1 aromatic carbocycles. The zero-order valence-electron chi connectivity index (χ0n) is 13.8. The first-order valence-electron chi connectivity index (χ1n) is 8.18. The number of nitrogens with one attached hydrogen (secondary N) is 1. The fraction of sp³-hybridized carbons (Fsp3) is 0.667. The predicted molar refractivity (Wildman–Crippen MR) is 87.0 cm³/mol. The van der Waals surface area contributed by atoms with Gasteiger partial charge in [-0.25, -0.2) is 4.39 Å². The summed E-state index contributed by atoms with van der Waals surface area (Å²) in [5, 5.41) is 3.34. The van der Waals surface area contributed by atoms with Gasteiger partial charge in [0.2, 0.25) is 0 Å². The number of hydrogen-bond acceptors (Lipinski definition) is 2. The van der Waals surface area contributed by atoms with E-state index in [1.165, 1.54) is 19.4 Å². The lowest BCUT2D eigenvalue weighted by atomic mass is 10.0. The Morgan fingerprint density at radius 3 is 2.57 bits per heavy atom. The lowest BCUT2D eigenvalue weighted by Gasteiger charge is -2.26. The molecule has 0 radical (unpaired) electrons. The van der Waals surface area contributed by atoms with Crippen molar-refractivity contribution in [3.8, 4) is 0 Å². The van der Waals surface area contributed by atoms with Crippen LogP contribution in [0, 0.1) is 18.7 Å². The molecule has 1 aliphatic carbocycles. The number of halogens is 1. The molecule has 118 valence electrons. The minimum Gasteiger partial charge on any atom is -0.313 e. The van der Waals surface area contributed by atoms with Gasteiger partial charge in [-0.1, -0.05) is 26.0 Å². The molecule has 1 N–H and O–H groups in total. The van der Waals surface area contributed by atoms with E-state index in [1.54, 1.807) is 6.07 Å². The molecule has 0 heterocycles. The highest BCUT2D eigenvalue weighted by molar-refractivity contribution is 5.25. The van der Waals surface area contributed by atoms with Crippen LogP contribution in [-0.4, -0.2) is 31.1 Å². The quantitative estimate of drug-likeness (QED) is 0.781. The molecule has 1 atom stereocenters. The molecule has 1 saturated carbocycles. The molecular formula is C18H29FN2. The molecule has 1 aromatic rings. The van der Waals surface area contributed by atoms with Crippen LogP contribution in [0.3, 0.4) is 0 Å². The lowest BCUT2D eigenvalue weighted by Crippen LogP contribution is -2.33. The summed E-state index contributed by atoms with van der Waals surface area (Å²) in [6.07, 6.45) is 3.72. The standard InChI is InChI=1S/C18H29FN2/c1-13(2)12-21(16-7-8-16)10-9-18(20-4)15-6-5-14(3)17(19)11-15/h5-6,11,13,16,18,20H,7-10,12H2,1-4H3. The van der Waals surface area contributed by atoms with Gasteiger partial charge in [-0.2, -0.15) is 0 Å². The third-order valence-corrected chi connectivity index (χ3v) is 4.31. The van der Waals surface area contributed by atoms with E-state index in [0.717, 1.165) is 24.6 Å². The monoisotopic (exact) mass is 292 g/mol. The van der Waals surface area contributed by atoms with Gasteiger partial charge in [0.1, 0.15) is 5.82 Å². The lowest BCUT2D eigenvalue weighted by molar-refractivity contribution is 0.222. The van der Waals surface area contributed by atoms with E-state index in [1.807, 2.05) is 26.1 Å². The highest BCUT2D eigenvalue weighted by Gasteiger charge is 2.29. The van der Waals surface area contributed by atoms with E-state index in [2.05, 4.69) is 24.1 Å². The van der Waals surface area contributed by atoms with E-state index in [9.17, 15) is 4.39 Å². The zero-order valence-corrected chi connectivity index (χ0v) is 13.8. The van der Waals surface area contributed by atoms with Gasteiger partial charge < -0.3 is 10.2 Å². The van der Waals surface area contributed by atoms with Crippen molar-refractivity contribution in [1.29, 1.82) is 0 Å². The van der Waals surface area contributed by atoms with Gasteiger partial charge in [-0.15, -0.1) is 0 Å². The number of aryl methyl sites for hydroxylation is 1. The first-order valence-corrected chi connectivity index (χ1v) is 8.18. The topological polar surface area (TPSA) is 15.3 Å². The van der Waals surface area contributed by atoms with Gasteiger partial charge in [0.05, 0.1) is 0 Å². The van der Waals surface area contributed by atoms with Crippen LogP contribution < -0.4 is 5.32 Å². The third-order valence-electron chi connectivity index (χ3n) is 4.31. The molecule has 3 heteroatoms. The van der Waals surface area contributed by atoms with Crippen molar-refractivity contribution in [3.05, 3.63) is 35.1 Å². The Kier molecular flexibility index (Phi) is 5.77. The normalized spacial score (nSPS) is 16.7. The van der Waals surface area contributed by atoms with E-state index in [0.29, 0.717) is 11.5 Å². The van der Waals surface area contributed by atoms with E-state index >= 15 is 0 Å². The van der Waals surface area contributed by atoms with Crippen molar-refractivity contribution in [1.82, 2.24) is 10.2 Å². The molecule has 1 aliphatic rings. The van der Waals surface area contributed by atoms with Crippen LogP contribution >= 0.6 is 0 Å². The van der Waals surface area contributed by atoms with Crippen molar-refractivity contribution in [3.63, 3.8) is 0 Å². The van der Waals surface area contributed by atoms with Crippen molar-refractivity contribution >= 4 is 0 Å².